The molecule has 138 valence electrons. The first-order chi connectivity index (χ1) is 11.8. The minimum atomic E-state index is -4.35. The normalized spacial score (nSPS) is 16.5. The van der Waals surface area contributed by atoms with Crippen molar-refractivity contribution in [2.45, 2.75) is 48.4 Å². The molecule has 1 aliphatic carbocycles. The minimum Gasteiger partial charge on any atom is -0.341 e. The van der Waals surface area contributed by atoms with Gasteiger partial charge < -0.3 is 5.32 Å². The molecule has 0 aliphatic heterocycles. The van der Waals surface area contributed by atoms with Gasteiger partial charge in [-0.3, -0.25) is 10.1 Å². The summed E-state index contributed by atoms with van der Waals surface area (Å²) in [6.07, 6.45) is 4.90. The van der Waals surface area contributed by atoms with Gasteiger partial charge in [-0.25, -0.2) is 4.79 Å². The standard InChI is InChI=1S/C17H21F3N2O2S/c1-21-16(24)22-15(23)14(10-11-4-2-3-5-11)12-6-8-13(9-7-12)25-17(18,19)20/h6-9,11,14H,2-5,10H2,1H3,(H2,21,22,23,24). The van der Waals surface area contributed by atoms with Gasteiger partial charge in [0.15, 0.2) is 0 Å². The molecule has 0 bridgehead atoms. The Morgan fingerprint density at radius 3 is 2.32 bits per heavy atom. The Balaban J connectivity index is 2.15. The van der Waals surface area contributed by atoms with Crippen LogP contribution in [0.15, 0.2) is 29.2 Å². The zero-order valence-corrected chi connectivity index (χ0v) is 14.7. The molecular weight excluding hydrogens is 353 g/mol. The molecule has 0 radical (unpaired) electrons. The first-order valence-electron chi connectivity index (χ1n) is 8.17. The number of hydrogen-bond acceptors (Lipinski definition) is 3. The number of amides is 3. The highest BCUT2D eigenvalue weighted by molar-refractivity contribution is 8.00. The van der Waals surface area contributed by atoms with Gasteiger partial charge in [-0.05, 0) is 41.8 Å². The molecular formula is C17H21F3N2O2S. The second kappa shape index (κ2) is 8.60. The Morgan fingerprint density at radius 2 is 1.80 bits per heavy atom. The van der Waals surface area contributed by atoms with Gasteiger partial charge in [0, 0.05) is 11.9 Å². The summed E-state index contributed by atoms with van der Waals surface area (Å²) in [4.78, 5) is 24.0. The van der Waals surface area contributed by atoms with Crippen molar-refractivity contribution in [3.63, 3.8) is 0 Å². The molecule has 1 fully saturated rings. The topological polar surface area (TPSA) is 58.2 Å². The summed E-state index contributed by atoms with van der Waals surface area (Å²) in [5.41, 5.74) is -3.72. The Morgan fingerprint density at radius 1 is 1.20 bits per heavy atom. The van der Waals surface area contributed by atoms with Crippen LogP contribution in [-0.2, 0) is 4.79 Å². The smallest absolute Gasteiger partial charge is 0.341 e. The van der Waals surface area contributed by atoms with E-state index in [9.17, 15) is 22.8 Å². The van der Waals surface area contributed by atoms with E-state index in [2.05, 4.69) is 10.6 Å². The lowest BCUT2D eigenvalue weighted by molar-refractivity contribution is -0.121. The number of rotatable bonds is 5. The molecule has 1 aliphatic rings. The van der Waals surface area contributed by atoms with Crippen LogP contribution in [0.3, 0.4) is 0 Å². The summed E-state index contributed by atoms with van der Waals surface area (Å²) in [7, 11) is 1.41. The van der Waals surface area contributed by atoms with Crippen LogP contribution >= 0.6 is 11.8 Å². The molecule has 3 amide bonds. The van der Waals surface area contributed by atoms with Crippen molar-refractivity contribution in [3.05, 3.63) is 29.8 Å². The number of alkyl halides is 3. The van der Waals surface area contributed by atoms with Gasteiger partial charge in [0.1, 0.15) is 0 Å². The maximum atomic E-state index is 12.5. The summed E-state index contributed by atoms with van der Waals surface area (Å²) in [6.45, 7) is 0. The van der Waals surface area contributed by atoms with Gasteiger partial charge in [-0.15, -0.1) is 0 Å². The maximum Gasteiger partial charge on any atom is 0.446 e. The van der Waals surface area contributed by atoms with Crippen molar-refractivity contribution in [3.8, 4) is 0 Å². The molecule has 1 atom stereocenters. The minimum absolute atomic E-state index is 0.0718. The highest BCUT2D eigenvalue weighted by atomic mass is 32.2. The van der Waals surface area contributed by atoms with E-state index in [1.54, 1.807) is 0 Å². The van der Waals surface area contributed by atoms with E-state index >= 15 is 0 Å². The number of thioether (sulfide) groups is 1. The maximum absolute atomic E-state index is 12.5. The fourth-order valence-corrected chi connectivity index (χ4v) is 3.68. The van der Waals surface area contributed by atoms with Crippen LogP contribution in [0.25, 0.3) is 0 Å². The number of halogens is 3. The summed E-state index contributed by atoms with van der Waals surface area (Å²) >= 11 is -0.188. The quantitative estimate of drug-likeness (QED) is 0.750. The molecule has 1 aromatic carbocycles. The monoisotopic (exact) mass is 374 g/mol. The van der Waals surface area contributed by atoms with Gasteiger partial charge in [0.05, 0.1) is 5.92 Å². The van der Waals surface area contributed by atoms with Gasteiger partial charge >= 0.3 is 11.5 Å². The molecule has 0 saturated heterocycles. The molecule has 1 unspecified atom stereocenters. The molecule has 25 heavy (non-hydrogen) atoms. The number of benzene rings is 1. The van der Waals surface area contributed by atoms with Gasteiger partial charge in [-0.1, -0.05) is 37.8 Å². The van der Waals surface area contributed by atoms with E-state index < -0.39 is 23.4 Å². The van der Waals surface area contributed by atoms with Gasteiger partial charge in [0.25, 0.3) is 0 Å². The van der Waals surface area contributed by atoms with Crippen molar-refractivity contribution >= 4 is 23.7 Å². The first-order valence-corrected chi connectivity index (χ1v) is 8.98. The van der Waals surface area contributed by atoms with Crippen LogP contribution < -0.4 is 10.6 Å². The van der Waals surface area contributed by atoms with Gasteiger partial charge in [-0.2, -0.15) is 13.2 Å². The molecule has 2 N–H and O–H groups in total. The Kier molecular flexibility index (Phi) is 6.75. The first kappa shape index (κ1) is 19.6. The third-order valence-corrected chi connectivity index (χ3v) is 5.08. The molecule has 1 saturated carbocycles. The van der Waals surface area contributed by atoms with Crippen molar-refractivity contribution < 1.29 is 22.8 Å². The molecule has 0 spiro atoms. The summed E-state index contributed by atoms with van der Waals surface area (Å²) in [6, 6.07) is 5.21. The average molecular weight is 374 g/mol. The molecule has 0 heterocycles. The number of carbonyl (C=O) groups is 2. The predicted octanol–water partition coefficient (Wildman–Crippen LogP) is 4.42. The van der Waals surface area contributed by atoms with E-state index in [0.717, 1.165) is 25.7 Å². The highest BCUT2D eigenvalue weighted by Gasteiger charge is 2.30. The van der Waals surface area contributed by atoms with E-state index in [-0.39, 0.29) is 16.7 Å². The van der Waals surface area contributed by atoms with Crippen LogP contribution in [0.5, 0.6) is 0 Å². The van der Waals surface area contributed by atoms with Crippen LogP contribution in [0.2, 0.25) is 0 Å². The number of carbonyl (C=O) groups excluding carboxylic acids is 2. The lowest BCUT2D eigenvalue weighted by Crippen LogP contribution is -2.40. The number of hydrogen-bond donors (Lipinski definition) is 2. The number of nitrogens with one attached hydrogen (secondary N) is 2. The second-order valence-corrected chi connectivity index (χ2v) is 7.26. The predicted molar refractivity (Wildman–Crippen MR) is 90.3 cm³/mol. The largest absolute Gasteiger partial charge is 0.446 e. The van der Waals surface area contributed by atoms with Crippen LogP contribution in [-0.4, -0.2) is 24.5 Å². The molecule has 1 aromatic rings. The Hall–Kier alpha value is -1.70. The van der Waals surface area contributed by atoms with E-state index in [1.807, 2.05) is 0 Å². The zero-order chi connectivity index (χ0) is 18.4. The number of urea groups is 1. The Labute approximate surface area is 148 Å². The SMILES string of the molecule is CNC(=O)NC(=O)C(CC1CCCC1)c1ccc(SC(F)(F)F)cc1. The summed E-state index contributed by atoms with van der Waals surface area (Å²) in [5.74, 6) is -0.586. The third-order valence-electron chi connectivity index (χ3n) is 4.34. The van der Waals surface area contributed by atoms with Gasteiger partial charge in [0.2, 0.25) is 5.91 Å². The van der Waals surface area contributed by atoms with E-state index in [1.165, 1.54) is 31.3 Å². The van der Waals surface area contributed by atoms with Crippen molar-refractivity contribution in [1.29, 1.82) is 0 Å². The van der Waals surface area contributed by atoms with Crippen LogP contribution in [0, 0.1) is 5.92 Å². The fraction of sp³-hybridized carbons (Fsp3) is 0.529. The lowest BCUT2D eigenvalue weighted by Gasteiger charge is -2.20. The van der Waals surface area contributed by atoms with Crippen molar-refractivity contribution in [2.24, 2.45) is 5.92 Å². The van der Waals surface area contributed by atoms with E-state index in [4.69, 9.17) is 0 Å². The molecule has 2 rings (SSSR count). The zero-order valence-electron chi connectivity index (χ0n) is 13.9. The molecule has 8 heteroatoms. The van der Waals surface area contributed by atoms with Crippen LogP contribution in [0.1, 0.15) is 43.6 Å². The summed E-state index contributed by atoms with van der Waals surface area (Å²) in [5, 5.41) is 4.61. The van der Waals surface area contributed by atoms with E-state index in [0.29, 0.717) is 17.9 Å². The highest BCUT2D eigenvalue weighted by Crippen LogP contribution is 2.38. The fourth-order valence-electron chi connectivity index (χ4n) is 3.14. The van der Waals surface area contributed by atoms with Crippen molar-refractivity contribution in [1.82, 2.24) is 10.6 Å². The molecule has 4 nitrogen and oxygen atoms in total. The van der Waals surface area contributed by atoms with Crippen molar-refractivity contribution in [2.75, 3.05) is 7.05 Å². The van der Waals surface area contributed by atoms with Crippen LogP contribution in [0.4, 0.5) is 18.0 Å². The third kappa shape index (κ3) is 6.26. The number of imide groups is 1. The molecule has 0 aromatic heterocycles. The summed E-state index contributed by atoms with van der Waals surface area (Å²) < 4.78 is 37.3. The average Bonchev–Trinajstić information content (AvgIpc) is 3.05. The second-order valence-electron chi connectivity index (χ2n) is 6.12. The lowest BCUT2D eigenvalue weighted by atomic mass is 9.87. The Bertz CT molecular complexity index is 599.